The molecule has 0 atom stereocenters. The number of nitrogens with one attached hydrogen (secondary N) is 2. The lowest BCUT2D eigenvalue weighted by molar-refractivity contribution is -0.122. The normalized spacial score (nSPS) is 11.3. The Kier molecular flexibility index (Phi) is 4.59. The van der Waals surface area contributed by atoms with Crippen molar-refractivity contribution in [2.24, 2.45) is 0 Å². The average molecular weight is 314 g/mol. The standard InChI is InChI=1S/C12H13F3N6O/c1-2-21-19-10(18-20-21)8-4-3-5-9(6-8)17-11(22)16-7-12(13,14)15/h3-6H,2,7H2,1H3,(H2,16,17,22). The molecule has 0 aliphatic heterocycles. The Labute approximate surface area is 123 Å². The number of tetrazole rings is 1. The molecule has 0 saturated heterocycles. The molecular formula is C12H13F3N6O. The number of urea groups is 1. The van der Waals surface area contributed by atoms with Gasteiger partial charge in [0.1, 0.15) is 6.54 Å². The fraction of sp³-hybridized carbons (Fsp3) is 0.333. The van der Waals surface area contributed by atoms with Crippen LogP contribution >= 0.6 is 0 Å². The van der Waals surface area contributed by atoms with E-state index < -0.39 is 18.8 Å². The summed E-state index contributed by atoms with van der Waals surface area (Å²) in [5.41, 5.74) is 0.915. The van der Waals surface area contributed by atoms with Crippen LogP contribution in [-0.2, 0) is 6.54 Å². The van der Waals surface area contributed by atoms with Crippen LogP contribution in [0.3, 0.4) is 0 Å². The van der Waals surface area contributed by atoms with Gasteiger partial charge in [-0.1, -0.05) is 12.1 Å². The molecule has 0 saturated carbocycles. The van der Waals surface area contributed by atoms with Gasteiger partial charge in [-0.25, -0.2) is 4.79 Å². The van der Waals surface area contributed by atoms with Crippen LogP contribution in [-0.4, -0.2) is 39.0 Å². The molecule has 22 heavy (non-hydrogen) atoms. The van der Waals surface area contributed by atoms with E-state index in [1.165, 1.54) is 4.80 Å². The number of rotatable bonds is 4. The molecule has 1 heterocycles. The molecule has 2 amide bonds. The number of benzene rings is 1. The first kappa shape index (κ1) is 15.7. The first-order valence-electron chi connectivity index (χ1n) is 6.37. The SMILES string of the molecule is CCn1nnc(-c2cccc(NC(=O)NCC(F)(F)F)c2)n1. The summed E-state index contributed by atoms with van der Waals surface area (Å²) in [6, 6.07) is 5.47. The Hall–Kier alpha value is -2.65. The summed E-state index contributed by atoms with van der Waals surface area (Å²) >= 11 is 0. The lowest BCUT2D eigenvalue weighted by Gasteiger charge is -2.10. The molecule has 0 spiro atoms. The summed E-state index contributed by atoms with van der Waals surface area (Å²) in [7, 11) is 0. The van der Waals surface area contributed by atoms with Crippen LogP contribution in [0.15, 0.2) is 24.3 Å². The Morgan fingerprint density at radius 2 is 2.14 bits per heavy atom. The molecule has 2 N–H and O–H groups in total. The smallest absolute Gasteiger partial charge is 0.329 e. The molecule has 1 aromatic carbocycles. The molecule has 2 aromatic rings. The first-order chi connectivity index (χ1) is 10.4. The zero-order valence-electron chi connectivity index (χ0n) is 11.6. The van der Waals surface area contributed by atoms with E-state index in [2.05, 4.69) is 20.7 Å². The van der Waals surface area contributed by atoms with E-state index in [1.54, 1.807) is 29.6 Å². The van der Waals surface area contributed by atoms with E-state index in [0.717, 1.165) is 0 Å². The molecule has 10 heteroatoms. The topological polar surface area (TPSA) is 84.7 Å². The van der Waals surface area contributed by atoms with Gasteiger partial charge in [-0.15, -0.1) is 10.2 Å². The second kappa shape index (κ2) is 6.41. The number of alkyl halides is 3. The molecule has 0 unspecified atom stereocenters. The monoisotopic (exact) mass is 314 g/mol. The Balaban J connectivity index is 2.04. The van der Waals surface area contributed by atoms with E-state index in [1.807, 2.05) is 6.92 Å². The van der Waals surface area contributed by atoms with Gasteiger partial charge >= 0.3 is 12.2 Å². The molecule has 2 rings (SSSR count). The minimum Gasteiger partial charge on any atom is -0.329 e. The summed E-state index contributed by atoms with van der Waals surface area (Å²) in [6.45, 7) is 1.02. The fourth-order valence-corrected chi connectivity index (χ4v) is 1.58. The van der Waals surface area contributed by atoms with Crippen molar-refractivity contribution in [2.75, 3.05) is 11.9 Å². The third kappa shape index (κ3) is 4.43. The maximum atomic E-state index is 12.0. The maximum Gasteiger partial charge on any atom is 0.405 e. The summed E-state index contributed by atoms with van der Waals surface area (Å²) < 4.78 is 36.0. The Bertz CT molecular complexity index is 654. The van der Waals surface area contributed by atoms with E-state index in [4.69, 9.17) is 0 Å². The van der Waals surface area contributed by atoms with Gasteiger partial charge in [0.2, 0.25) is 5.82 Å². The number of aryl methyl sites for hydroxylation is 1. The zero-order chi connectivity index (χ0) is 16.2. The van der Waals surface area contributed by atoms with Gasteiger partial charge in [-0.2, -0.15) is 18.0 Å². The van der Waals surface area contributed by atoms with Gasteiger partial charge in [0.25, 0.3) is 0 Å². The van der Waals surface area contributed by atoms with Crippen LogP contribution in [0, 0.1) is 0 Å². The highest BCUT2D eigenvalue weighted by molar-refractivity contribution is 5.89. The number of anilines is 1. The lowest BCUT2D eigenvalue weighted by Crippen LogP contribution is -2.36. The van der Waals surface area contributed by atoms with Crippen LogP contribution in [0.2, 0.25) is 0 Å². The van der Waals surface area contributed by atoms with Gasteiger partial charge in [0.15, 0.2) is 0 Å². The molecule has 7 nitrogen and oxygen atoms in total. The van der Waals surface area contributed by atoms with Crippen molar-refractivity contribution in [1.29, 1.82) is 0 Å². The van der Waals surface area contributed by atoms with Gasteiger partial charge in [0.05, 0.1) is 6.54 Å². The van der Waals surface area contributed by atoms with Gasteiger partial charge in [0, 0.05) is 11.3 Å². The molecule has 0 aliphatic carbocycles. The van der Waals surface area contributed by atoms with Crippen molar-refractivity contribution in [3.63, 3.8) is 0 Å². The van der Waals surface area contributed by atoms with Crippen molar-refractivity contribution < 1.29 is 18.0 Å². The van der Waals surface area contributed by atoms with Crippen molar-refractivity contribution in [3.8, 4) is 11.4 Å². The van der Waals surface area contributed by atoms with E-state index in [9.17, 15) is 18.0 Å². The first-order valence-corrected chi connectivity index (χ1v) is 6.37. The van der Waals surface area contributed by atoms with Crippen LogP contribution < -0.4 is 10.6 Å². The number of carbonyl (C=O) groups is 1. The molecule has 0 bridgehead atoms. The molecule has 0 radical (unpaired) electrons. The van der Waals surface area contributed by atoms with Gasteiger partial charge < -0.3 is 10.6 Å². The van der Waals surface area contributed by atoms with Crippen LogP contribution in [0.1, 0.15) is 6.92 Å². The highest BCUT2D eigenvalue weighted by atomic mass is 19.4. The van der Waals surface area contributed by atoms with Crippen LogP contribution in [0.5, 0.6) is 0 Å². The number of halogens is 3. The lowest BCUT2D eigenvalue weighted by atomic mass is 10.2. The minimum absolute atomic E-state index is 0.324. The molecule has 0 aliphatic rings. The van der Waals surface area contributed by atoms with E-state index in [0.29, 0.717) is 23.6 Å². The number of nitrogens with zero attached hydrogens (tertiary/aromatic N) is 4. The third-order valence-electron chi connectivity index (χ3n) is 2.56. The number of hydrogen-bond acceptors (Lipinski definition) is 4. The maximum absolute atomic E-state index is 12.0. The average Bonchev–Trinajstić information content (AvgIpc) is 2.94. The summed E-state index contributed by atoms with van der Waals surface area (Å²) in [5, 5.41) is 15.8. The fourth-order valence-electron chi connectivity index (χ4n) is 1.58. The number of aromatic nitrogens is 4. The zero-order valence-corrected chi connectivity index (χ0v) is 11.6. The summed E-state index contributed by atoms with van der Waals surface area (Å²) in [5.74, 6) is 0.362. The van der Waals surface area contributed by atoms with Gasteiger partial charge in [-0.05, 0) is 24.3 Å². The molecule has 1 aromatic heterocycles. The molecule has 0 fully saturated rings. The van der Waals surface area contributed by atoms with Crippen LogP contribution in [0.25, 0.3) is 11.4 Å². The second-order valence-electron chi connectivity index (χ2n) is 4.31. The van der Waals surface area contributed by atoms with Crippen molar-refractivity contribution in [1.82, 2.24) is 25.5 Å². The second-order valence-corrected chi connectivity index (χ2v) is 4.31. The number of amides is 2. The number of hydrogen-bond donors (Lipinski definition) is 2. The van der Waals surface area contributed by atoms with E-state index >= 15 is 0 Å². The Morgan fingerprint density at radius 1 is 1.36 bits per heavy atom. The molecular weight excluding hydrogens is 301 g/mol. The highest BCUT2D eigenvalue weighted by Crippen LogP contribution is 2.18. The highest BCUT2D eigenvalue weighted by Gasteiger charge is 2.27. The van der Waals surface area contributed by atoms with Crippen molar-refractivity contribution in [2.45, 2.75) is 19.6 Å². The van der Waals surface area contributed by atoms with Crippen molar-refractivity contribution in [3.05, 3.63) is 24.3 Å². The molecule has 118 valence electrons. The largest absolute Gasteiger partial charge is 0.405 e. The predicted octanol–water partition coefficient (Wildman–Crippen LogP) is 2.04. The quantitative estimate of drug-likeness (QED) is 0.904. The van der Waals surface area contributed by atoms with E-state index in [-0.39, 0.29) is 0 Å². The predicted molar refractivity (Wildman–Crippen MR) is 72.0 cm³/mol. The van der Waals surface area contributed by atoms with Crippen molar-refractivity contribution >= 4 is 11.7 Å². The third-order valence-corrected chi connectivity index (χ3v) is 2.56. The minimum atomic E-state index is -4.46. The summed E-state index contributed by atoms with van der Waals surface area (Å²) in [6.07, 6.45) is -4.46. The van der Waals surface area contributed by atoms with Crippen LogP contribution in [0.4, 0.5) is 23.7 Å². The van der Waals surface area contributed by atoms with Gasteiger partial charge in [-0.3, -0.25) is 0 Å². The number of carbonyl (C=O) groups excluding carboxylic acids is 1. The Morgan fingerprint density at radius 3 is 2.77 bits per heavy atom. The summed E-state index contributed by atoms with van der Waals surface area (Å²) in [4.78, 5) is 12.8.